The number of carbonyl (C=O) groups is 1. The molecule has 20 heavy (non-hydrogen) atoms. The van der Waals surface area contributed by atoms with Gasteiger partial charge in [0.25, 0.3) is 0 Å². The zero-order chi connectivity index (χ0) is 14.5. The first-order chi connectivity index (χ1) is 9.59. The average Bonchev–Trinajstić information content (AvgIpc) is 2.44. The molecule has 0 aliphatic heterocycles. The molecule has 0 aliphatic rings. The predicted molar refractivity (Wildman–Crippen MR) is 84.9 cm³/mol. The molecule has 0 unspecified atom stereocenters. The first kappa shape index (κ1) is 14.4. The number of Topliss-reactive ketones (excluding diaryl/α,β-unsaturated/α-hetero) is 1. The summed E-state index contributed by atoms with van der Waals surface area (Å²) in [7, 11) is 0. The first-order valence-corrected chi connectivity index (χ1v) is 6.75. The Balaban J connectivity index is 2.32. The number of benzene rings is 2. The molecule has 0 aliphatic carbocycles. The van der Waals surface area contributed by atoms with Crippen LogP contribution in [-0.4, -0.2) is 5.78 Å². The van der Waals surface area contributed by atoms with E-state index in [1.807, 2.05) is 55.5 Å². The third-order valence-electron chi connectivity index (χ3n) is 3.10. The van der Waals surface area contributed by atoms with Gasteiger partial charge in [-0.05, 0) is 37.1 Å². The van der Waals surface area contributed by atoms with Gasteiger partial charge < -0.3 is 5.32 Å². The highest BCUT2D eigenvalue weighted by molar-refractivity contribution is 6.31. The van der Waals surface area contributed by atoms with Crippen LogP contribution >= 0.6 is 11.6 Å². The Labute approximate surface area is 124 Å². The van der Waals surface area contributed by atoms with E-state index in [9.17, 15) is 4.79 Å². The van der Waals surface area contributed by atoms with E-state index in [-0.39, 0.29) is 5.78 Å². The fourth-order valence-electron chi connectivity index (χ4n) is 1.92. The highest BCUT2D eigenvalue weighted by atomic mass is 35.5. The van der Waals surface area contributed by atoms with Crippen molar-refractivity contribution >= 4 is 28.6 Å². The SMILES string of the molecule is CC(=O)C(=CNc1cccc(Cl)c1C)c1ccccc1. The number of allylic oxidation sites excluding steroid dienone is 1. The Hall–Kier alpha value is -2.06. The Morgan fingerprint density at radius 1 is 1.10 bits per heavy atom. The largest absolute Gasteiger partial charge is 0.361 e. The van der Waals surface area contributed by atoms with Crippen molar-refractivity contribution < 1.29 is 4.79 Å². The molecule has 0 amide bonds. The third-order valence-corrected chi connectivity index (χ3v) is 3.51. The average molecular weight is 286 g/mol. The van der Waals surface area contributed by atoms with Crippen LogP contribution in [0, 0.1) is 6.92 Å². The van der Waals surface area contributed by atoms with Gasteiger partial charge in [-0.2, -0.15) is 0 Å². The fraction of sp³-hybridized carbons (Fsp3) is 0.118. The molecule has 102 valence electrons. The molecule has 2 aromatic rings. The molecule has 0 saturated heterocycles. The van der Waals surface area contributed by atoms with Gasteiger partial charge in [-0.25, -0.2) is 0 Å². The quantitative estimate of drug-likeness (QED) is 0.826. The van der Waals surface area contributed by atoms with Gasteiger partial charge in [-0.1, -0.05) is 48.0 Å². The second-order valence-electron chi connectivity index (χ2n) is 4.54. The Bertz CT molecular complexity index is 647. The van der Waals surface area contributed by atoms with Crippen molar-refractivity contribution in [1.29, 1.82) is 0 Å². The molecule has 0 radical (unpaired) electrons. The minimum Gasteiger partial charge on any atom is -0.361 e. The molecule has 0 spiro atoms. The highest BCUT2D eigenvalue weighted by Crippen LogP contribution is 2.24. The lowest BCUT2D eigenvalue weighted by Gasteiger charge is -2.09. The molecule has 0 saturated carbocycles. The van der Waals surface area contributed by atoms with Crippen LogP contribution in [0.15, 0.2) is 54.7 Å². The van der Waals surface area contributed by atoms with Crippen molar-refractivity contribution in [2.45, 2.75) is 13.8 Å². The third kappa shape index (κ3) is 3.28. The summed E-state index contributed by atoms with van der Waals surface area (Å²) in [5, 5.41) is 3.87. The summed E-state index contributed by atoms with van der Waals surface area (Å²) in [6, 6.07) is 15.2. The minimum atomic E-state index is 0.0170. The Morgan fingerprint density at radius 3 is 2.45 bits per heavy atom. The molecule has 0 heterocycles. The molecule has 2 nitrogen and oxygen atoms in total. The van der Waals surface area contributed by atoms with Gasteiger partial charge in [-0.3, -0.25) is 4.79 Å². The van der Waals surface area contributed by atoms with Crippen LogP contribution in [0.1, 0.15) is 18.1 Å². The highest BCUT2D eigenvalue weighted by Gasteiger charge is 2.07. The number of hydrogen-bond acceptors (Lipinski definition) is 2. The molecule has 2 aromatic carbocycles. The number of hydrogen-bond donors (Lipinski definition) is 1. The maximum Gasteiger partial charge on any atom is 0.161 e. The van der Waals surface area contributed by atoms with Crippen LogP contribution in [0.5, 0.6) is 0 Å². The van der Waals surface area contributed by atoms with Gasteiger partial charge in [0.1, 0.15) is 0 Å². The van der Waals surface area contributed by atoms with Crippen LogP contribution < -0.4 is 5.32 Å². The number of halogens is 1. The number of ketones is 1. The molecule has 0 bridgehead atoms. The van der Waals surface area contributed by atoms with E-state index in [0.717, 1.165) is 16.8 Å². The van der Waals surface area contributed by atoms with E-state index in [0.29, 0.717) is 10.6 Å². The smallest absolute Gasteiger partial charge is 0.161 e. The lowest BCUT2D eigenvalue weighted by atomic mass is 10.0. The van der Waals surface area contributed by atoms with E-state index in [1.54, 1.807) is 13.1 Å². The number of carbonyl (C=O) groups excluding carboxylic acids is 1. The second kappa shape index (κ2) is 6.40. The summed E-state index contributed by atoms with van der Waals surface area (Å²) >= 11 is 6.08. The van der Waals surface area contributed by atoms with Crippen molar-refractivity contribution in [2.24, 2.45) is 0 Å². The Morgan fingerprint density at radius 2 is 1.80 bits per heavy atom. The molecule has 0 fully saturated rings. The number of anilines is 1. The maximum absolute atomic E-state index is 11.8. The van der Waals surface area contributed by atoms with Gasteiger partial charge in [0.15, 0.2) is 5.78 Å². The summed E-state index contributed by atoms with van der Waals surface area (Å²) in [4.78, 5) is 11.8. The van der Waals surface area contributed by atoms with Gasteiger partial charge in [0.2, 0.25) is 0 Å². The van der Waals surface area contributed by atoms with Crippen molar-refractivity contribution in [3.8, 4) is 0 Å². The van der Waals surface area contributed by atoms with Crippen molar-refractivity contribution in [1.82, 2.24) is 0 Å². The lowest BCUT2D eigenvalue weighted by Crippen LogP contribution is -2.00. The van der Waals surface area contributed by atoms with E-state index >= 15 is 0 Å². The van der Waals surface area contributed by atoms with Crippen LogP contribution in [0.2, 0.25) is 5.02 Å². The van der Waals surface area contributed by atoms with E-state index < -0.39 is 0 Å². The normalized spacial score (nSPS) is 11.2. The molecular formula is C17H16ClNO. The van der Waals surface area contributed by atoms with Crippen molar-refractivity contribution in [2.75, 3.05) is 5.32 Å². The number of rotatable bonds is 4. The molecule has 0 aromatic heterocycles. The summed E-state index contributed by atoms with van der Waals surface area (Å²) in [5.41, 5.74) is 3.39. The van der Waals surface area contributed by atoms with Crippen LogP contribution in [0.25, 0.3) is 5.57 Å². The fourth-order valence-corrected chi connectivity index (χ4v) is 2.09. The zero-order valence-corrected chi connectivity index (χ0v) is 12.2. The van der Waals surface area contributed by atoms with Gasteiger partial charge in [0.05, 0.1) is 0 Å². The first-order valence-electron chi connectivity index (χ1n) is 6.38. The van der Waals surface area contributed by atoms with Crippen LogP contribution in [-0.2, 0) is 4.79 Å². The molecule has 1 N–H and O–H groups in total. The summed E-state index contributed by atoms with van der Waals surface area (Å²) in [6.07, 6.45) is 1.73. The van der Waals surface area contributed by atoms with Gasteiger partial charge >= 0.3 is 0 Å². The molecular weight excluding hydrogens is 270 g/mol. The van der Waals surface area contributed by atoms with Crippen LogP contribution in [0.4, 0.5) is 5.69 Å². The van der Waals surface area contributed by atoms with E-state index in [4.69, 9.17) is 11.6 Å². The minimum absolute atomic E-state index is 0.0170. The molecule has 2 rings (SSSR count). The molecule has 3 heteroatoms. The monoisotopic (exact) mass is 285 g/mol. The standard InChI is InChI=1S/C17H16ClNO/c1-12-16(18)9-6-10-17(12)19-11-15(13(2)20)14-7-4-3-5-8-14/h3-11,19H,1-2H3. The van der Waals surface area contributed by atoms with Crippen molar-refractivity contribution in [3.05, 3.63) is 70.9 Å². The topological polar surface area (TPSA) is 29.1 Å². The second-order valence-corrected chi connectivity index (χ2v) is 4.94. The van der Waals surface area contributed by atoms with Crippen LogP contribution in [0.3, 0.4) is 0 Å². The Kier molecular flexibility index (Phi) is 4.59. The van der Waals surface area contributed by atoms with Gasteiger partial charge in [0, 0.05) is 22.5 Å². The van der Waals surface area contributed by atoms with E-state index in [1.165, 1.54) is 0 Å². The number of nitrogens with one attached hydrogen (secondary N) is 1. The molecule has 0 atom stereocenters. The predicted octanol–water partition coefficient (Wildman–Crippen LogP) is 4.69. The zero-order valence-electron chi connectivity index (χ0n) is 11.5. The summed E-state index contributed by atoms with van der Waals surface area (Å²) in [5.74, 6) is 0.0170. The lowest BCUT2D eigenvalue weighted by molar-refractivity contribution is -0.111. The van der Waals surface area contributed by atoms with Gasteiger partial charge in [-0.15, -0.1) is 0 Å². The van der Waals surface area contributed by atoms with Crippen molar-refractivity contribution in [3.63, 3.8) is 0 Å². The summed E-state index contributed by atoms with van der Waals surface area (Å²) < 4.78 is 0. The van der Waals surface area contributed by atoms with E-state index in [2.05, 4.69) is 5.32 Å². The maximum atomic E-state index is 11.8. The summed E-state index contributed by atoms with van der Waals surface area (Å²) in [6.45, 7) is 3.50.